The summed E-state index contributed by atoms with van der Waals surface area (Å²) in [5, 5.41) is 3.93. The van der Waals surface area contributed by atoms with E-state index in [1.54, 1.807) is 6.92 Å². The third-order valence-electron chi connectivity index (χ3n) is 3.00. The molecule has 2 heterocycles. The minimum Gasteiger partial charge on any atom is -0.367 e. The fourth-order valence-corrected chi connectivity index (χ4v) is 1.95. The minimum absolute atomic E-state index is 0.0339. The molecule has 1 atom stereocenters. The van der Waals surface area contributed by atoms with Crippen molar-refractivity contribution in [3.05, 3.63) is 11.7 Å². The Hall–Kier alpha value is -0.940. The molecule has 0 saturated carbocycles. The molecule has 2 rings (SSSR count). The van der Waals surface area contributed by atoms with Crippen LogP contribution in [0, 0.1) is 12.8 Å². The van der Waals surface area contributed by atoms with Crippen molar-refractivity contribution in [2.45, 2.75) is 33.3 Å². The number of aryl methyl sites for hydroxylation is 1. The van der Waals surface area contributed by atoms with Crippen LogP contribution >= 0.6 is 0 Å². The molecule has 5 nitrogen and oxygen atoms in total. The largest absolute Gasteiger partial charge is 0.367 e. The van der Waals surface area contributed by atoms with Gasteiger partial charge in [-0.2, -0.15) is 4.98 Å². The van der Waals surface area contributed by atoms with Gasteiger partial charge >= 0.3 is 0 Å². The summed E-state index contributed by atoms with van der Waals surface area (Å²) >= 11 is 0. The average Bonchev–Trinajstić information content (AvgIpc) is 2.74. The molecule has 17 heavy (non-hydrogen) atoms. The lowest BCUT2D eigenvalue weighted by Crippen LogP contribution is -2.39. The highest BCUT2D eigenvalue weighted by Gasteiger charge is 2.25. The molecule has 1 aliphatic heterocycles. The first-order chi connectivity index (χ1) is 8.15. The quantitative estimate of drug-likeness (QED) is 0.802. The summed E-state index contributed by atoms with van der Waals surface area (Å²) in [5.41, 5.74) is 0. The Bertz CT molecular complexity index is 351. The van der Waals surface area contributed by atoms with E-state index in [-0.39, 0.29) is 6.10 Å². The van der Waals surface area contributed by atoms with Gasteiger partial charge in [-0.3, -0.25) is 4.90 Å². The van der Waals surface area contributed by atoms with Crippen LogP contribution in [-0.2, 0) is 4.74 Å². The summed E-state index contributed by atoms with van der Waals surface area (Å²) in [6.45, 7) is 10.0. The van der Waals surface area contributed by atoms with Gasteiger partial charge in [0.1, 0.15) is 6.10 Å². The van der Waals surface area contributed by atoms with E-state index in [9.17, 15) is 0 Å². The van der Waals surface area contributed by atoms with Crippen LogP contribution < -0.4 is 0 Å². The molecule has 1 aromatic rings. The molecule has 0 aliphatic carbocycles. The van der Waals surface area contributed by atoms with Crippen LogP contribution in [0.4, 0.5) is 0 Å². The van der Waals surface area contributed by atoms with Crippen molar-refractivity contribution in [3.8, 4) is 0 Å². The van der Waals surface area contributed by atoms with E-state index in [0.29, 0.717) is 11.7 Å². The zero-order valence-electron chi connectivity index (χ0n) is 10.8. The molecule has 1 aliphatic rings. The van der Waals surface area contributed by atoms with Gasteiger partial charge in [0.15, 0.2) is 0 Å². The Kier molecular flexibility index (Phi) is 4.12. The van der Waals surface area contributed by atoms with E-state index < -0.39 is 0 Å². The number of hydrogen-bond acceptors (Lipinski definition) is 5. The lowest BCUT2D eigenvalue weighted by Gasteiger charge is -2.31. The Balaban J connectivity index is 1.88. The fraction of sp³-hybridized carbons (Fsp3) is 0.833. The van der Waals surface area contributed by atoms with Gasteiger partial charge in [0, 0.05) is 20.0 Å². The van der Waals surface area contributed by atoms with Crippen LogP contribution in [0.15, 0.2) is 4.52 Å². The van der Waals surface area contributed by atoms with E-state index >= 15 is 0 Å². The molecule has 0 unspecified atom stereocenters. The first-order valence-electron chi connectivity index (χ1n) is 6.29. The van der Waals surface area contributed by atoms with E-state index in [4.69, 9.17) is 9.26 Å². The van der Waals surface area contributed by atoms with Crippen molar-refractivity contribution in [2.24, 2.45) is 5.92 Å². The summed E-state index contributed by atoms with van der Waals surface area (Å²) in [7, 11) is 0. The van der Waals surface area contributed by atoms with Crippen LogP contribution in [-0.4, -0.2) is 41.3 Å². The minimum atomic E-state index is -0.0339. The van der Waals surface area contributed by atoms with E-state index in [1.807, 2.05) is 0 Å². The molecule has 0 radical (unpaired) electrons. The second-order valence-corrected chi connectivity index (χ2v) is 5.01. The molecule has 5 heteroatoms. The predicted molar refractivity (Wildman–Crippen MR) is 63.6 cm³/mol. The second-order valence-electron chi connectivity index (χ2n) is 5.01. The Morgan fingerprint density at radius 1 is 1.47 bits per heavy atom. The van der Waals surface area contributed by atoms with Crippen molar-refractivity contribution in [1.82, 2.24) is 15.0 Å². The van der Waals surface area contributed by atoms with Crippen molar-refractivity contribution in [2.75, 3.05) is 26.2 Å². The van der Waals surface area contributed by atoms with Gasteiger partial charge in [0.05, 0.1) is 6.61 Å². The number of morpholine rings is 1. The van der Waals surface area contributed by atoms with E-state index in [0.717, 1.165) is 32.2 Å². The van der Waals surface area contributed by atoms with Gasteiger partial charge in [0.25, 0.3) is 0 Å². The standard InChI is InChI=1S/C12H21N3O2/c1-9(2)4-5-15-6-7-16-11(8-15)12-13-10(3)17-14-12/h9,11H,4-8H2,1-3H3/t11-/m1/s1. The highest BCUT2D eigenvalue weighted by atomic mass is 16.5. The highest BCUT2D eigenvalue weighted by Crippen LogP contribution is 2.20. The molecule has 0 amide bonds. The lowest BCUT2D eigenvalue weighted by molar-refractivity contribution is -0.0362. The Morgan fingerprint density at radius 2 is 2.29 bits per heavy atom. The third kappa shape index (κ3) is 3.51. The van der Waals surface area contributed by atoms with Gasteiger partial charge in [-0.1, -0.05) is 19.0 Å². The summed E-state index contributed by atoms with van der Waals surface area (Å²) in [6, 6.07) is 0. The molecule has 1 fully saturated rings. The maximum Gasteiger partial charge on any atom is 0.223 e. The van der Waals surface area contributed by atoms with Crippen molar-refractivity contribution < 1.29 is 9.26 Å². The second kappa shape index (κ2) is 5.60. The van der Waals surface area contributed by atoms with Crippen LogP contribution in [0.2, 0.25) is 0 Å². The van der Waals surface area contributed by atoms with Gasteiger partial charge in [-0.15, -0.1) is 0 Å². The lowest BCUT2D eigenvalue weighted by atomic mass is 10.1. The van der Waals surface area contributed by atoms with Gasteiger partial charge in [-0.25, -0.2) is 0 Å². The Morgan fingerprint density at radius 3 is 2.94 bits per heavy atom. The summed E-state index contributed by atoms with van der Waals surface area (Å²) in [4.78, 5) is 6.65. The molecule has 0 bridgehead atoms. The molecule has 0 spiro atoms. The summed E-state index contributed by atoms with van der Waals surface area (Å²) in [5.74, 6) is 2.02. The smallest absolute Gasteiger partial charge is 0.223 e. The average molecular weight is 239 g/mol. The topological polar surface area (TPSA) is 51.4 Å². The number of rotatable bonds is 4. The summed E-state index contributed by atoms with van der Waals surface area (Å²) < 4.78 is 10.7. The number of hydrogen-bond donors (Lipinski definition) is 0. The number of nitrogens with zero attached hydrogens (tertiary/aromatic N) is 3. The Labute approximate surface area is 102 Å². The maximum absolute atomic E-state index is 5.69. The predicted octanol–water partition coefficient (Wildman–Crippen LogP) is 1.80. The van der Waals surface area contributed by atoms with Crippen LogP contribution in [0.1, 0.15) is 38.1 Å². The van der Waals surface area contributed by atoms with Crippen LogP contribution in [0.25, 0.3) is 0 Å². The van der Waals surface area contributed by atoms with Crippen molar-refractivity contribution in [3.63, 3.8) is 0 Å². The SMILES string of the molecule is Cc1nc([C@H]2CN(CCC(C)C)CCO2)no1. The molecule has 1 aromatic heterocycles. The molecular weight excluding hydrogens is 218 g/mol. The van der Waals surface area contributed by atoms with Gasteiger partial charge < -0.3 is 9.26 Å². The first-order valence-corrected chi connectivity index (χ1v) is 6.29. The highest BCUT2D eigenvalue weighted by molar-refractivity contribution is 4.92. The van der Waals surface area contributed by atoms with Crippen LogP contribution in [0.5, 0.6) is 0 Å². The normalized spacial score (nSPS) is 22.2. The molecule has 0 aromatic carbocycles. The molecule has 1 saturated heterocycles. The van der Waals surface area contributed by atoms with Gasteiger partial charge in [-0.05, 0) is 18.9 Å². The maximum atomic E-state index is 5.69. The van der Waals surface area contributed by atoms with E-state index in [1.165, 1.54) is 6.42 Å². The third-order valence-corrected chi connectivity index (χ3v) is 3.00. The zero-order valence-corrected chi connectivity index (χ0v) is 10.8. The van der Waals surface area contributed by atoms with Crippen LogP contribution in [0.3, 0.4) is 0 Å². The summed E-state index contributed by atoms with van der Waals surface area (Å²) in [6.07, 6.45) is 1.19. The molecule has 0 N–H and O–H groups in total. The van der Waals surface area contributed by atoms with Crippen molar-refractivity contribution in [1.29, 1.82) is 0 Å². The molecular formula is C12H21N3O2. The monoisotopic (exact) mass is 239 g/mol. The van der Waals surface area contributed by atoms with Crippen molar-refractivity contribution >= 4 is 0 Å². The van der Waals surface area contributed by atoms with E-state index in [2.05, 4.69) is 28.9 Å². The first kappa shape index (κ1) is 12.5. The zero-order chi connectivity index (χ0) is 12.3. The number of aromatic nitrogens is 2. The van der Waals surface area contributed by atoms with Gasteiger partial charge in [0.2, 0.25) is 11.7 Å². The number of ether oxygens (including phenoxy) is 1. The molecule has 96 valence electrons. The fourth-order valence-electron chi connectivity index (χ4n) is 1.95.